The molecule has 2 aliphatic rings. The summed E-state index contributed by atoms with van der Waals surface area (Å²) in [7, 11) is 1.81. The van der Waals surface area contributed by atoms with Crippen molar-refractivity contribution in [3.63, 3.8) is 0 Å². The normalized spacial score (nSPS) is 29.9. The number of rotatable bonds is 5. The summed E-state index contributed by atoms with van der Waals surface area (Å²) in [5.41, 5.74) is 5.89. The van der Waals surface area contributed by atoms with E-state index < -0.39 is 0 Å². The number of nitrogens with one attached hydrogen (secondary N) is 1. The summed E-state index contributed by atoms with van der Waals surface area (Å²) >= 11 is 0. The first-order valence-electron chi connectivity index (χ1n) is 7.34. The molecule has 4 heteroatoms. The van der Waals surface area contributed by atoms with Crippen LogP contribution in [-0.4, -0.2) is 32.3 Å². The van der Waals surface area contributed by atoms with E-state index in [1.165, 1.54) is 44.9 Å². The highest BCUT2D eigenvalue weighted by Crippen LogP contribution is 2.26. The molecule has 0 unspecified atom stereocenters. The maximum absolute atomic E-state index is 5.89. The van der Waals surface area contributed by atoms with Gasteiger partial charge in [-0.3, -0.25) is 4.99 Å². The van der Waals surface area contributed by atoms with Gasteiger partial charge in [-0.05, 0) is 50.4 Å². The third-order valence-electron chi connectivity index (χ3n) is 4.44. The molecule has 0 aliphatic heterocycles. The van der Waals surface area contributed by atoms with Crippen LogP contribution in [0.15, 0.2) is 4.99 Å². The van der Waals surface area contributed by atoms with E-state index in [1.54, 1.807) is 0 Å². The van der Waals surface area contributed by atoms with Crippen molar-refractivity contribution < 1.29 is 4.74 Å². The fourth-order valence-electron chi connectivity index (χ4n) is 2.78. The first-order valence-corrected chi connectivity index (χ1v) is 7.34. The Labute approximate surface area is 110 Å². The van der Waals surface area contributed by atoms with E-state index in [2.05, 4.69) is 10.3 Å². The van der Waals surface area contributed by atoms with Gasteiger partial charge in [-0.2, -0.15) is 0 Å². The van der Waals surface area contributed by atoms with Crippen LogP contribution in [0.25, 0.3) is 0 Å². The highest BCUT2D eigenvalue weighted by molar-refractivity contribution is 5.77. The van der Waals surface area contributed by atoms with Crippen molar-refractivity contribution in [2.45, 2.75) is 51.0 Å². The molecule has 0 aromatic heterocycles. The molecule has 0 aromatic carbocycles. The number of ether oxygens (including phenoxy) is 1. The van der Waals surface area contributed by atoms with Crippen molar-refractivity contribution in [2.75, 3.05) is 20.2 Å². The van der Waals surface area contributed by atoms with Gasteiger partial charge in [0.2, 0.25) is 0 Å². The van der Waals surface area contributed by atoms with Crippen LogP contribution in [0.1, 0.15) is 44.9 Å². The Bertz CT molecular complexity index is 268. The van der Waals surface area contributed by atoms with Crippen molar-refractivity contribution >= 4 is 5.96 Å². The van der Waals surface area contributed by atoms with Gasteiger partial charge in [-0.1, -0.05) is 6.42 Å². The van der Waals surface area contributed by atoms with Crippen LogP contribution in [0.5, 0.6) is 0 Å². The van der Waals surface area contributed by atoms with Crippen LogP contribution < -0.4 is 11.1 Å². The number of aliphatic imine (C=N–C) groups is 1. The first kappa shape index (κ1) is 13.7. The summed E-state index contributed by atoms with van der Waals surface area (Å²) < 4.78 is 5.38. The van der Waals surface area contributed by atoms with Gasteiger partial charge in [-0.15, -0.1) is 0 Å². The highest BCUT2D eigenvalue weighted by atomic mass is 16.5. The number of nitrogens with zero attached hydrogens (tertiary/aromatic N) is 1. The highest BCUT2D eigenvalue weighted by Gasteiger charge is 2.20. The molecular formula is C14H27N3O. The summed E-state index contributed by atoms with van der Waals surface area (Å²) in [6, 6.07) is 0. The number of hydrogen-bond acceptors (Lipinski definition) is 2. The fraction of sp³-hybridized carbons (Fsp3) is 0.929. The van der Waals surface area contributed by atoms with E-state index in [1.807, 2.05) is 7.11 Å². The second-order valence-electron chi connectivity index (χ2n) is 5.78. The molecule has 0 saturated heterocycles. The average Bonchev–Trinajstić information content (AvgIpc) is 2.35. The van der Waals surface area contributed by atoms with Gasteiger partial charge in [0, 0.05) is 20.2 Å². The number of hydrogen-bond donors (Lipinski definition) is 2. The lowest BCUT2D eigenvalue weighted by molar-refractivity contribution is 0.0574. The second-order valence-corrected chi connectivity index (χ2v) is 5.78. The maximum atomic E-state index is 5.89. The van der Waals surface area contributed by atoms with Crippen molar-refractivity contribution in [1.82, 2.24) is 5.32 Å². The molecule has 2 saturated carbocycles. The van der Waals surface area contributed by atoms with E-state index in [-0.39, 0.29) is 0 Å². The lowest BCUT2D eigenvalue weighted by Gasteiger charge is -2.28. The lowest BCUT2D eigenvalue weighted by atomic mass is 9.86. The van der Waals surface area contributed by atoms with E-state index in [0.29, 0.717) is 12.1 Å². The van der Waals surface area contributed by atoms with Crippen LogP contribution in [0.3, 0.4) is 0 Å². The van der Waals surface area contributed by atoms with Crippen molar-refractivity contribution in [3.8, 4) is 0 Å². The molecule has 3 N–H and O–H groups in total. The maximum Gasteiger partial charge on any atom is 0.188 e. The third-order valence-corrected chi connectivity index (χ3v) is 4.44. The van der Waals surface area contributed by atoms with E-state index >= 15 is 0 Å². The van der Waals surface area contributed by atoms with Gasteiger partial charge >= 0.3 is 0 Å². The Balaban J connectivity index is 1.59. The van der Waals surface area contributed by atoms with Crippen molar-refractivity contribution in [3.05, 3.63) is 0 Å². The minimum Gasteiger partial charge on any atom is -0.381 e. The Kier molecular flexibility index (Phi) is 5.29. The second kappa shape index (κ2) is 6.98. The van der Waals surface area contributed by atoms with Crippen LogP contribution in [-0.2, 0) is 4.74 Å². The lowest BCUT2D eigenvalue weighted by Crippen LogP contribution is -2.37. The Morgan fingerprint density at radius 3 is 2.44 bits per heavy atom. The number of methoxy groups -OCH3 is 1. The zero-order chi connectivity index (χ0) is 12.8. The zero-order valence-electron chi connectivity index (χ0n) is 11.5. The summed E-state index contributed by atoms with van der Waals surface area (Å²) in [5.74, 6) is 2.16. The molecule has 0 amide bonds. The molecule has 0 spiro atoms. The summed E-state index contributed by atoms with van der Waals surface area (Å²) in [5, 5.41) is 3.28. The molecule has 0 aromatic rings. The Morgan fingerprint density at radius 1 is 1.17 bits per heavy atom. The van der Waals surface area contributed by atoms with Crippen molar-refractivity contribution in [1.29, 1.82) is 0 Å². The molecule has 2 rings (SSSR count). The number of guanidine groups is 1. The average molecular weight is 253 g/mol. The fourth-order valence-corrected chi connectivity index (χ4v) is 2.78. The summed E-state index contributed by atoms with van der Waals surface area (Å²) in [6.45, 7) is 1.88. The predicted molar refractivity (Wildman–Crippen MR) is 74.6 cm³/mol. The SMILES string of the molecule is COC1CCC(CNC(N)=NCC2CCC2)CC1. The topological polar surface area (TPSA) is 59.6 Å². The quantitative estimate of drug-likeness (QED) is 0.581. The van der Waals surface area contributed by atoms with E-state index in [4.69, 9.17) is 10.5 Å². The minimum absolute atomic E-state index is 0.478. The van der Waals surface area contributed by atoms with Gasteiger partial charge in [-0.25, -0.2) is 0 Å². The van der Waals surface area contributed by atoms with E-state index in [9.17, 15) is 0 Å². The predicted octanol–water partition coefficient (Wildman–Crippen LogP) is 1.90. The van der Waals surface area contributed by atoms with E-state index in [0.717, 1.165) is 24.9 Å². The van der Waals surface area contributed by atoms with Gasteiger partial charge in [0.15, 0.2) is 5.96 Å². The molecule has 0 atom stereocenters. The minimum atomic E-state index is 0.478. The van der Waals surface area contributed by atoms with Crippen LogP contribution in [0.2, 0.25) is 0 Å². The smallest absolute Gasteiger partial charge is 0.188 e. The first-order chi connectivity index (χ1) is 8.78. The third kappa shape index (κ3) is 4.16. The number of nitrogens with two attached hydrogens (primary N) is 1. The zero-order valence-corrected chi connectivity index (χ0v) is 11.5. The standard InChI is InChI=1S/C14H27N3O/c1-18-13-7-5-12(6-8-13)10-17-14(15)16-9-11-3-2-4-11/h11-13H,2-10H2,1H3,(H3,15,16,17). The summed E-state index contributed by atoms with van der Waals surface area (Å²) in [6.07, 6.45) is 9.35. The van der Waals surface area contributed by atoms with Gasteiger partial charge in [0.05, 0.1) is 6.10 Å². The molecule has 0 radical (unpaired) electrons. The van der Waals surface area contributed by atoms with Crippen LogP contribution >= 0.6 is 0 Å². The molecule has 2 fully saturated rings. The molecule has 104 valence electrons. The Morgan fingerprint density at radius 2 is 1.89 bits per heavy atom. The monoisotopic (exact) mass is 253 g/mol. The van der Waals surface area contributed by atoms with Crippen LogP contribution in [0.4, 0.5) is 0 Å². The van der Waals surface area contributed by atoms with Crippen LogP contribution in [0, 0.1) is 11.8 Å². The molecule has 4 nitrogen and oxygen atoms in total. The Hall–Kier alpha value is -0.770. The van der Waals surface area contributed by atoms with Gasteiger partial charge in [0.1, 0.15) is 0 Å². The van der Waals surface area contributed by atoms with Gasteiger partial charge < -0.3 is 15.8 Å². The largest absolute Gasteiger partial charge is 0.381 e. The molecule has 0 heterocycles. The summed E-state index contributed by atoms with van der Waals surface area (Å²) in [4.78, 5) is 4.42. The van der Waals surface area contributed by atoms with Gasteiger partial charge in [0.25, 0.3) is 0 Å². The molecule has 0 bridgehead atoms. The molecular weight excluding hydrogens is 226 g/mol. The molecule has 2 aliphatic carbocycles. The van der Waals surface area contributed by atoms with Crippen molar-refractivity contribution in [2.24, 2.45) is 22.6 Å². The molecule has 18 heavy (non-hydrogen) atoms.